The highest BCUT2D eigenvalue weighted by Crippen LogP contribution is 2.14. The lowest BCUT2D eigenvalue weighted by Gasteiger charge is -2.28. The number of ether oxygens (including phenoxy) is 4. The zero-order valence-corrected chi connectivity index (χ0v) is 8.83. The standard InChI is InChI=1S/C8H15N3O4/c1-12-7(13-2)3-8-14-4-6(5-15-8)10-11-9/h6-8H,3-5H2,1-2H3/t6-,8+. The predicted octanol–water partition coefficient (Wildman–Crippen LogP) is 1.05. The van der Waals surface area contributed by atoms with E-state index < -0.39 is 0 Å². The van der Waals surface area contributed by atoms with Crippen LogP contribution in [0.1, 0.15) is 6.42 Å². The molecule has 1 rings (SSSR count). The lowest BCUT2D eigenvalue weighted by molar-refractivity contribution is -0.224. The fourth-order valence-corrected chi connectivity index (χ4v) is 1.25. The predicted molar refractivity (Wildman–Crippen MR) is 51.0 cm³/mol. The third-order valence-corrected chi connectivity index (χ3v) is 2.07. The summed E-state index contributed by atoms with van der Waals surface area (Å²) < 4.78 is 20.7. The van der Waals surface area contributed by atoms with Crippen molar-refractivity contribution in [2.45, 2.75) is 25.0 Å². The Morgan fingerprint density at radius 3 is 2.47 bits per heavy atom. The molecule has 0 saturated carbocycles. The number of nitrogens with zero attached hydrogens (tertiary/aromatic N) is 3. The first-order valence-electron chi connectivity index (χ1n) is 4.63. The van der Waals surface area contributed by atoms with E-state index in [1.54, 1.807) is 14.2 Å². The van der Waals surface area contributed by atoms with Crippen LogP contribution in [-0.2, 0) is 18.9 Å². The van der Waals surface area contributed by atoms with Gasteiger partial charge in [0, 0.05) is 25.6 Å². The maximum atomic E-state index is 8.21. The quantitative estimate of drug-likeness (QED) is 0.298. The van der Waals surface area contributed by atoms with Crippen LogP contribution in [0.25, 0.3) is 10.4 Å². The van der Waals surface area contributed by atoms with E-state index in [4.69, 9.17) is 24.5 Å². The van der Waals surface area contributed by atoms with Gasteiger partial charge < -0.3 is 18.9 Å². The largest absolute Gasteiger partial charge is 0.356 e. The van der Waals surface area contributed by atoms with Crippen LogP contribution in [0.5, 0.6) is 0 Å². The molecular formula is C8H15N3O4. The van der Waals surface area contributed by atoms with Crippen molar-refractivity contribution in [3.05, 3.63) is 10.4 Å². The van der Waals surface area contributed by atoms with Crippen molar-refractivity contribution < 1.29 is 18.9 Å². The second-order valence-electron chi connectivity index (χ2n) is 3.09. The van der Waals surface area contributed by atoms with Crippen LogP contribution in [0, 0.1) is 0 Å². The van der Waals surface area contributed by atoms with E-state index in [1.165, 1.54) is 0 Å². The minimum atomic E-state index is -0.361. The lowest BCUT2D eigenvalue weighted by Crippen LogP contribution is -2.37. The Hall–Kier alpha value is -0.850. The lowest BCUT2D eigenvalue weighted by atomic mass is 10.3. The van der Waals surface area contributed by atoms with Crippen molar-refractivity contribution in [3.63, 3.8) is 0 Å². The Kier molecular flexibility index (Phi) is 5.38. The second-order valence-corrected chi connectivity index (χ2v) is 3.09. The SMILES string of the molecule is COC(C[C@H]1OC[C@@H](N=[N+]=[N-])CO1)OC. The van der Waals surface area contributed by atoms with Gasteiger partial charge in [-0.05, 0) is 5.53 Å². The van der Waals surface area contributed by atoms with Crippen molar-refractivity contribution >= 4 is 0 Å². The zero-order valence-electron chi connectivity index (χ0n) is 8.83. The van der Waals surface area contributed by atoms with Crippen LogP contribution in [0.3, 0.4) is 0 Å². The first-order chi connectivity index (χ1) is 7.30. The molecule has 0 aromatic carbocycles. The smallest absolute Gasteiger partial charge is 0.162 e. The van der Waals surface area contributed by atoms with E-state index in [0.29, 0.717) is 19.6 Å². The van der Waals surface area contributed by atoms with Crippen molar-refractivity contribution in [2.24, 2.45) is 5.11 Å². The molecule has 7 nitrogen and oxygen atoms in total. The van der Waals surface area contributed by atoms with Gasteiger partial charge in [-0.15, -0.1) is 0 Å². The van der Waals surface area contributed by atoms with Crippen molar-refractivity contribution in [1.29, 1.82) is 0 Å². The topological polar surface area (TPSA) is 85.7 Å². The van der Waals surface area contributed by atoms with Crippen molar-refractivity contribution in [3.8, 4) is 0 Å². The molecule has 1 heterocycles. The third-order valence-electron chi connectivity index (χ3n) is 2.07. The molecule has 7 heteroatoms. The van der Waals surface area contributed by atoms with E-state index >= 15 is 0 Å². The second kappa shape index (κ2) is 6.60. The highest BCUT2D eigenvalue weighted by Gasteiger charge is 2.24. The van der Waals surface area contributed by atoms with E-state index in [2.05, 4.69) is 10.0 Å². The summed E-state index contributed by atoms with van der Waals surface area (Å²) in [5, 5.41) is 3.51. The minimum Gasteiger partial charge on any atom is -0.356 e. The number of azide groups is 1. The van der Waals surface area contributed by atoms with E-state index in [1.807, 2.05) is 0 Å². The summed E-state index contributed by atoms with van der Waals surface area (Å²) in [5.74, 6) is 0. The Morgan fingerprint density at radius 2 is 2.00 bits per heavy atom. The maximum Gasteiger partial charge on any atom is 0.162 e. The van der Waals surface area contributed by atoms with Gasteiger partial charge in [0.1, 0.15) is 0 Å². The monoisotopic (exact) mass is 217 g/mol. The summed E-state index contributed by atoms with van der Waals surface area (Å²) in [6.07, 6.45) is -0.207. The van der Waals surface area contributed by atoms with Gasteiger partial charge in [0.25, 0.3) is 0 Å². The Labute approximate surface area is 87.9 Å². The molecule has 0 aromatic heterocycles. The van der Waals surface area contributed by atoms with E-state index in [0.717, 1.165) is 0 Å². The average Bonchev–Trinajstić information content (AvgIpc) is 2.28. The Bertz CT molecular complexity index is 220. The molecule has 1 aliphatic rings. The van der Waals surface area contributed by atoms with Gasteiger partial charge in [-0.25, -0.2) is 0 Å². The molecule has 0 spiro atoms. The Morgan fingerprint density at radius 1 is 1.40 bits per heavy atom. The number of rotatable bonds is 5. The van der Waals surface area contributed by atoms with Gasteiger partial charge in [-0.3, -0.25) is 0 Å². The molecule has 1 aliphatic heterocycles. The molecule has 15 heavy (non-hydrogen) atoms. The van der Waals surface area contributed by atoms with E-state index in [9.17, 15) is 0 Å². The minimum absolute atomic E-state index is 0.241. The molecule has 0 N–H and O–H groups in total. The summed E-state index contributed by atoms with van der Waals surface area (Å²) in [6.45, 7) is 0.740. The van der Waals surface area contributed by atoms with Gasteiger partial charge in [0.2, 0.25) is 0 Å². The normalized spacial score (nSPS) is 26.3. The molecule has 0 radical (unpaired) electrons. The van der Waals surface area contributed by atoms with Gasteiger partial charge in [-0.2, -0.15) is 0 Å². The molecule has 86 valence electrons. The molecular weight excluding hydrogens is 202 g/mol. The molecule has 0 atom stereocenters. The van der Waals surface area contributed by atoms with Crippen molar-refractivity contribution in [1.82, 2.24) is 0 Å². The molecule has 0 aliphatic carbocycles. The Balaban J connectivity index is 2.27. The molecule has 1 fully saturated rings. The summed E-state index contributed by atoms with van der Waals surface area (Å²) in [4.78, 5) is 2.69. The molecule has 0 bridgehead atoms. The summed E-state index contributed by atoms with van der Waals surface area (Å²) >= 11 is 0. The van der Waals surface area contributed by atoms with Crippen LogP contribution in [0.4, 0.5) is 0 Å². The maximum absolute atomic E-state index is 8.21. The van der Waals surface area contributed by atoms with Crippen LogP contribution in [0.2, 0.25) is 0 Å². The van der Waals surface area contributed by atoms with Crippen LogP contribution in [-0.4, -0.2) is 46.1 Å². The molecule has 0 amide bonds. The van der Waals surface area contributed by atoms with Gasteiger partial charge >= 0.3 is 0 Å². The van der Waals surface area contributed by atoms with Crippen molar-refractivity contribution in [2.75, 3.05) is 27.4 Å². The number of hydrogen-bond donors (Lipinski definition) is 0. The van der Waals surface area contributed by atoms with Crippen LogP contribution < -0.4 is 0 Å². The summed E-state index contributed by atoms with van der Waals surface area (Å²) in [5.41, 5.74) is 8.21. The van der Waals surface area contributed by atoms with Gasteiger partial charge in [-0.1, -0.05) is 5.11 Å². The van der Waals surface area contributed by atoms with E-state index in [-0.39, 0.29) is 18.6 Å². The molecule has 0 unspecified atom stereocenters. The highest BCUT2D eigenvalue weighted by molar-refractivity contribution is 4.70. The van der Waals surface area contributed by atoms with Gasteiger partial charge in [0.05, 0.1) is 19.3 Å². The average molecular weight is 217 g/mol. The first kappa shape index (κ1) is 12.2. The highest BCUT2D eigenvalue weighted by atomic mass is 16.7. The first-order valence-corrected chi connectivity index (χ1v) is 4.63. The third kappa shape index (κ3) is 4.03. The fourth-order valence-electron chi connectivity index (χ4n) is 1.25. The molecule has 0 aromatic rings. The fraction of sp³-hybridized carbons (Fsp3) is 1.00. The van der Waals surface area contributed by atoms with Gasteiger partial charge in [0.15, 0.2) is 12.6 Å². The zero-order chi connectivity index (χ0) is 11.1. The number of hydrogen-bond acceptors (Lipinski definition) is 5. The van der Waals surface area contributed by atoms with Crippen LogP contribution in [0.15, 0.2) is 5.11 Å². The number of methoxy groups -OCH3 is 2. The molecule has 1 saturated heterocycles. The van der Waals surface area contributed by atoms with Crippen LogP contribution >= 0.6 is 0 Å². The summed E-state index contributed by atoms with van der Waals surface area (Å²) in [7, 11) is 3.11. The summed E-state index contributed by atoms with van der Waals surface area (Å²) in [6, 6.07) is -0.241.